The van der Waals surface area contributed by atoms with E-state index in [9.17, 15) is 9.90 Å². The van der Waals surface area contributed by atoms with E-state index in [4.69, 9.17) is 21.1 Å². The van der Waals surface area contributed by atoms with Crippen LogP contribution >= 0.6 is 11.6 Å². The van der Waals surface area contributed by atoms with Crippen molar-refractivity contribution < 1.29 is 19.4 Å². The lowest BCUT2D eigenvalue weighted by atomic mass is 9.75. The number of para-hydroxylation sites is 1. The molecule has 1 amide bonds. The Morgan fingerprint density at radius 3 is 2.73 bits per heavy atom. The summed E-state index contributed by atoms with van der Waals surface area (Å²) in [5.74, 6) is 0.872. The van der Waals surface area contributed by atoms with Crippen LogP contribution in [0.15, 0.2) is 42.6 Å². The lowest BCUT2D eigenvalue weighted by molar-refractivity contribution is -0.125. The molecule has 1 aromatic carbocycles. The molecular formula is C19H21ClN2O4. The number of aliphatic hydroxyl groups excluding tert-OH is 1. The molecule has 6 nitrogen and oxygen atoms in total. The van der Waals surface area contributed by atoms with Crippen molar-refractivity contribution in [2.75, 3.05) is 13.7 Å². The molecular weight excluding hydrogens is 356 g/mol. The Morgan fingerprint density at radius 1 is 1.35 bits per heavy atom. The normalized spacial score (nSPS) is 20.0. The molecule has 1 aromatic heterocycles. The number of carbonyl (C=O) groups is 1. The summed E-state index contributed by atoms with van der Waals surface area (Å²) in [4.78, 5) is 16.6. The largest absolute Gasteiger partial charge is 0.482 e. The van der Waals surface area contributed by atoms with Gasteiger partial charge in [0.1, 0.15) is 5.75 Å². The number of methoxy groups -OCH3 is 1. The number of amides is 1. The van der Waals surface area contributed by atoms with Gasteiger partial charge in [-0.25, -0.2) is 4.98 Å². The van der Waals surface area contributed by atoms with Crippen LogP contribution in [0, 0.1) is 5.92 Å². The number of rotatable bonds is 7. The molecule has 1 saturated carbocycles. The number of halogens is 1. The Morgan fingerprint density at radius 2 is 2.12 bits per heavy atom. The van der Waals surface area contributed by atoms with Gasteiger partial charge in [-0.05, 0) is 36.5 Å². The lowest BCUT2D eigenvalue weighted by Gasteiger charge is -2.38. The van der Waals surface area contributed by atoms with Crippen LogP contribution in [0.4, 0.5) is 0 Å². The van der Waals surface area contributed by atoms with E-state index in [0.717, 1.165) is 5.56 Å². The van der Waals surface area contributed by atoms with Gasteiger partial charge in [0.25, 0.3) is 5.91 Å². The first-order chi connectivity index (χ1) is 12.6. The molecule has 1 aliphatic carbocycles. The fourth-order valence-electron chi connectivity index (χ4n) is 2.99. The molecule has 1 aliphatic rings. The van der Waals surface area contributed by atoms with Crippen LogP contribution in [0.5, 0.6) is 11.6 Å². The van der Waals surface area contributed by atoms with E-state index in [1.807, 2.05) is 6.07 Å². The maximum absolute atomic E-state index is 12.4. The highest BCUT2D eigenvalue weighted by Gasteiger charge is 2.35. The number of ether oxygens (including phenoxy) is 2. The van der Waals surface area contributed by atoms with Gasteiger partial charge in [-0.2, -0.15) is 0 Å². The van der Waals surface area contributed by atoms with Gasteiger partial charge >= 0.3 is 0 Å². The highest BCUT2D eigenvalue weighted by molar-refractivity contribution is 6.32. The van der Waals surface area contributed by atoms with Crippen molar-refractivity contribution in [2.45, 2.75) is 25.0 Å². The number of hydrogen-bond donors (Lipinski definition) is 2. The zero-order valence-corrected chi connectivity index (χ0v) is 15.1. The third-order valence-corrected chi connectivity index (χ3v) is 4.77. The third-order valence-electron chi connectivity index (χ3n) is 4.46. The summed E-state index contributed by atoms with van der Waals surface area (Å²) in [7, 11) is 1.55. The molecule has 1 unspecified atom stereocenters. The first-order valence-corrected chi connectivity index (χ1v) is 8.79. The van der Waals surface area contributed by atoms with Crippen molar-refractivity contribution >= 4 is 17.5 Å². The number of hydrogen-bond acceptors (Lipinski definition) is 5. The van der Waals surface area contributed by atoms with Gasteiger partial charge in [0.15, 0.2) is 6.61 Å². The van der Waals surface area contributed by atoms with Crippen LogP contribution in [0.2, 0.25) is 5.02 Å². The highest BCUT2D eigenvalue weighted by Crippen LogP contribution is 2.38. The van der Waals surface area contributed by atoms with Gasteiger partial charge < -0.3 is 19.9 Å². The molecule has 2 N–H and O–H groups in total. The standard InChI is InChI=1S/C19H21ClN2O4/c1-25-18-7-6-12(10-21-18)19(13-8-14(23)9-13)22-17(24)11-26-16-5-3-2-4-15(16)20/h2-7,10,13-14,19,23H,8-9,11H2,1H3,(H,22,24). The number of nitrogens with one attached hydrogen (secondary N) is 1. The van der Waals surface area contributed by atoms with Gasteiger partial charge in [0.2, 0.25) is 5.88 Å². The van der Waals surface area contributed by atoms with Crippen LogP contribution in [-0.2, 0) is 4.79 Å². The Hall–Kier alpha value is -2.31. The number of aromatic nitrogens is 1. The van der Waals surface area contributed by atoms with Gasteiger partial charge in [0, 0.05) is 12.3 Å². The molecule has 1 atom stereocenters. The molecule has 0 radical (unpaired) electrons. The minimum Gasteiger partial charge on any atom is -0.482 e. The Kier molecular flexibility index (Phi) is 5.96. The summed E-state index contributed by atoms with van der Waals surface area (Å²) < 4.78 is 10.6. The van der Waals surface area contributed by atoms with Crippen LogP contribution in [0.3, 0.4) is 0 Å². The smallest absolute Gasteiger partial charge is 0.258 e. The Labute approximate surface area is 157 Å². The van der Waals surface area contributed by atoms with E-state index >= 15 is 0 Å². The zero-order chi connectivity index (χ0) is 18.5. The second kappa shape index (κ2) is 8.38. The molecule has 26 heavy (non-hydrogen) atoms. The summed E-state index contributed by atoms with van der Waals surface area (Å²) >= 11 is 6.03. The van der Waals surface area contributed by atoms with Crippen molar-refractivity contribution in [1.29, 1.82) is 0 Å². The highest BCUT2D eigenvalue weighted by atomic mass is 35.5. The minimum atomic E-state index is -0.315. The van der Waals surface area contributed by atoms with Crippen LogP contribution in [0.1, 0.15) is 24.4 Å². The molecule has 3 rings (SSSR count). The van der Waals surface area contributed by atoms with E-state index in [1.54, 1.807) is 43.6 Å². The maximum Gasteiger partial charge on any atom is 0.258 e. The minimum absolute atomic E-state index is 0.140. The number of nitrogens with zero attached hydrogens (tertiary/aromatic N) is 1. The van der Waals surface area contributed by atoms with E-state index < -0.39 is 0 Å². The van der Waals surface area contributed by atoms with Gasteiger partial charge in [-0.1, -0.05) is 29.8 Å². The summed E-state index contributed by atoms with van der Waals surface area (Å²) in [6.45, 7) is -0.140. The number of carbonyl (C=O) groups excluding carboxylic acids is 1. The van der Waals surface area contributed by atoms with Crippen molar-refractivity contribution in [1.82, 2.24) is 10.3 Å². The maximum atomic E-state index is 12.4. The van der Waals surface area contributed by atoms with E-state index in [1.165, 1.54) is 0 Å². The first kappa shape index (κ1) is 18.5. The zero-order valence-electron chi connectivity index (χ0n) is 14.4. The molecule has 1 heterocycles. The molecule has 2 aromatic rings. The van der Waals surface area contributed by atoms with Gasteiger partial charge in [0.05, 0.1) is 24.3 Å². The Balaban J connectivity index is 1.65. The van der Waals surface area contributed by atoms with E-state index in [2.05, 4.69) is 10.3 Å². The number of pyridine rings is 1. The number of benzene rings is 1. The van der Waals surface area contributed by atoms with Crippen LogP contribution in [-0.4, -0.2) is 35.8 Å². The van der Waals surface area contributed by atoms with Crippen molar-refractivity contribution in [3.8, 4) is 11.6 Å². The first-order valence-electron chi connectivity index (χ1n) is 8.41. The van der Waals surface area contributed by atoms with Crippen molar-refractivity contribution in [2.24, 2.45) is 5.92 Å². The topological polar surface area (TPSA) is 80.7 Å². The van der Waals surface area contributed by atoms with Gasteiger partial charge in [-0.3, -0.25) is 4.79 Å². The molecule has 0 saturated heterocycles. The predicted octanol–water partition coefficient (Wildman–Crippen LogP) is 2.75. The molecule has 138 valence electrons. The SMILES string of the molecule is COc1ccc(C(NC(=O)COc2ccccc2Cl)C2CC(O)C2)cn1. The van der Waals surface area contributed by atoms with Crippen LogP contribution < -0.4 is 14.8 Å². The predicted molar refractivity (Wildman–Crippen MR) is 97.4 cm³/mol. The fraction of sp³-hybridized carbons (Fsp3) is 0.368. The molecule has 0 spiro atoms. The molecule has 7 heteroatoms. The Bertz CT molecular complexity index is 747. The average molecular weight is 377 g/mol. The fourth-order valence-corrected chi connectivity index (χ4v) is 3.18. The summed E-state index contributed by atoms with van der Waals surface area (Å²) in [6.07, 6.45) is 2.65. The molecule has 0 aliphatic heterocycles. The van der Waals surface area contributed by atoms with Gasteiger partial charge in [-0.15, -0.1) is 0 Å². The molecule has 0 bridgehead atoms. The number of aliphatic hydroxyl groups is 1. The molecule has 1 fully saturated rings. The van der Waals surface area contributed by atoms with Crippen molar-refractivity contribution in [3.63, 3.8) is 0 Å². The van der Waals surface area contributed by atoms with Crippen LogP contribution in [0.25, 0.3) is 0 Å². The third kappa shape index (κ3) is 4.45. The quantitative estimate of drug-likeness (QED) is 0.776. The second-order valence-electron chi connectivity index (χ2n) is 6.28. The summed E-state index contributed by atoms with van der Waals surface area (Å²) in [6, 6.07) is 10.4. The van der Waals surface area contributed by atoms with E-state index in [-0.39, 0.29) is 30.6 Å². The van der Waals surface area contributed by atoms with E-state index in [0.29, 0.717) is 29.5 Å². The monoisotopic (exact) mass is 376 g/mol. The average Bonchev–Trinajstić information content (AvgIpc) is 2.63. The second-order valence-corrected chi connectivity index (χ2v) is 6.69. The van der Waals surface area contributed by atoms with Crippen molar-refractivity contribution in [3.05, 3.63) is 53.2 Å². The summed E-state index contributed by atoms with van der Waals surface area (Å²) in [5, 5.41) is 13.1. The lowest BCUT2D eigenvalue weighted by Crippen LogP contribution is -2.42. The summed E-state index contributed by atoms with van der Waals surface area (Å²) in [5.41, 5.74) is 0.869.